The molecule has 1 saturated carbocycles. The third-order valence-electron chi connectivity index (χ3n) is 4.79. The molecule has 1 aliphatic carbocycles. The first kappa shape index (κ1) is 19.2. The van der Waals surface area contributed by atoms with E-state index in [2.05, 4.69) is 21.4 Å². The zero-order chi connectivity index (χ0) is 20.8. The number of alkyl halides is 3. The predicted octanol–water partition coefficient (Wildman–Crippen LogP) is 4.17. The van der Waals surface area contributed by atoms with Crippen LogP contribution < -0.4 is 11.0 Å². The quantitative estimate of drug-likeness (QED) is 0.689. The number of nitrogens with one attached hydrogen (secondary N) is 1. The van der Waals surface area contributed by atoms with Crippen LogP contribution in [-0.4, -0.2) is 20.6 Å². The van der Waals surface area contributed by atoms with Crippen LogP contribution in [0.4, 0.5) is 19.0 Å². The zero-order valence-electron chi connectivity index (χ0n) is 14.7. The Morgan fingerprint density at radius 2 is 1.90 bits per heavy atom. The molecule has 0 saturated heterocycles. The minimum atomic E-state index is -4.68. The average Bonchev–Trinajstić information content (AvgIpc) is 2.64. The van der Waals surface area contributed by atoms with Crippen LogP contribution in [0.3, 0.4) is 0 Å². The summed E-state index contributed by atoms with van der Waals surface area (Å²) in [5.41, 5.74) is -1.96. The van der Waals surface area contributed by atoms with Gasteiger partial charge < -0.3 is 5.32 Å². The molecule has 29 heavy (non-hydrogen) atoms. The number of hydrogen-bond acceptors (Lipinski definition) is 5. The smallest absolute Gasteiger partial charge is 0.366 e. The summed E-state index contributed by atoms with van der Waals surface area (Å²) < 4.78 is 40.7. The minimum absolute atomic E-state index is 0.0859. The first-order valence-electron chi connectivity index (χ1n) is 8.70. The second-order valence-electron chi connectivity index (χ2n) is 6.73. The topological polar surface area (TPSA) is 83.6 Å². The highest BCUT2D eigenvalue weighted by Gasteiger charge is 2.34. The van der Waals surface area contributed by atoms with Crippen molar-refractivity contribution in [3.63, 3.8) is 0 Å². The van der Waals surface area contributed by atoms with Crippen LogP contribution >= 0.6 is 11.6 Å². The molecule has 0 unspecified atom stereocenters. The molecule has 1 N–H and O–H groups in total. The van der Waals surface area contributed by atoms with E-state index in [0.29, 0.717) is 12.8 Å². The van der Waals surface area contributed by atoms with E-state index in [1.54, 1.807) is 12.1 Å². The lowest BCUT2D eigenvalue weighted by Crippen LogP contribution is -2.36. The largest absolute Gasteiger partial charge is 0.433 e. The van der Waals surface area contributed by atoms with Gasteiger partial charge in [-0.1, -0.05) is 23.7 Å². The van der Waals surface area contributed by atoms with Crippen LogP contribution in [-0.2, 0) is 6.18 Å². The Balaban J connectivity index is 1.92. The maximum absolute atomic E-state index is 13.2. The van der Waals surface area contributed by atoms with Gasteiger partial charge in [0.05, 0.1) is 28.1 Å². The highest BCUT2D eigenvalue weighted by Crippen LogP contribution is 2.33. The molecule has 148 valence electrons. The monoisotopic (exact) mass is 419 g/mol. The zero-order valence-corrected chi connectivity index (χ0v) is 15.5. The maximum Gasteiger partial charge on any atom is 0.433 e. The molecule has 4 rings (SSSR count). The second kappa shape index (κ2) is 7.04. The van der Waals surface area contributed by atoms with E-state index < -0.39 is 17.6 Å². The minimum Gasteiger partial charge on any atom is -0.366 e. The molecule has 1 aromatic carbocycles. The van der Waals surface area contributed by atoms with Crippen molar-refractivity contribution >= 4 is 28.5 Å². The van der Waals surface area contributed by atoms with Crippen molar-refractivity contribution in [3.05, 3.63) is 57.6 Å². The van der Waals surface area contributed by atoms with Gasteiger partial charge in [-0.25, -0.2) is 14.3 Å². The maximum atomic E-state index is 13.2. The molecule has 0 atom stereocenters. The summed E-state index contributed by atoms with van der Waals surface area (Å²) >= 11 is 6.16. The van der Waals surface area contributed by atoms with Crippen molar-refractivity contribution < 1.29 is 13.2 Å². The highest BCUT2D eigenvalue weighted by atomic mass is 35.5. The molecule has 0 amide bonds. The summed E-state index contributed by atoms with van der Waals surface area (Å²) in [7, 11) is 0. The van der Waals surface area contributed by atoms with Gasteiger partial charge >= 0.3 is 11.9 Å². The van der Waals surface area contributed by atoms with Gasteiger partial charge in [-0.2, -0.15) is 23.4 Å². The Morgan fingerprint density at radius 1 is 1.17 bits per heavy atom. The summed E-state index contributed by atoms with van der Waals surface area (Å²) in [5, 5.41) is 12.4. The summed E-state index contributed by atoms with van der Waals surface area (Å²) in [4.78, 5) is 20.5. The summed E-state index contributed by atoms with van der Waals surface area (Å²) in [6, 6.07) is 10.4. The number of benzene rings is 1. The van der Waals surface area contributed by atoms with Gasteiger partial charge in [0.15, 0.2) is 5.65 Å². The van der Waals surface area contributed by atoms with Gasteiger partial charge in [-0.3, -0.25) is 0 Å². The number of rotatable bonds is 3. The normalized spacial score (nSPS) is 18.9. The second-order valence-corrected chi connectivity index (χ2v) is 7.14. The average molecular weight is 420 g/mol. The number of fused-ring (bicyclic) bond motifs is 1. The van der Waals surface area contributed by atoms with E-state index in [-0.39, 0.29) is 39.5 Å². The number of para-hydroxylation sites is 1. The third-order valence-corrected chi connectivity index (χ3v) is 5.11. The lowest BCUT2D eigenvalue weighted by atomic mass is 9.81. The lowest BCUT2D eigenvalue weighted by Gasteiger charge is -2.32. The van der Waals surface area contributed by atoms with Crippen LogP contribution in [0.2, 0.25) is 5.02 Å². The van der Waals surface area contributed by atoms with Gasteiger partial charge in [-0.15, -0.1) is 0 Å². The van der Waals surface area contributed by atoms with Crippen LogP contribution in [0.15, 0.2) is 41.2 Å². The molecule has 0 aliphatic heterocycles. The number of nitriles is 1. The van der Waals surface area contributed by atoms with Crippen molar-refractivity contribution in [3.8, 4) is 11.8 Å². The Morgan fingerprint density at radius 3 is 2.55 bits per heavy atom. The van der Waals surface area contributed by atoms with E-state index in [4.69, 9.17) is 16.9 Å². The first-order chi connectivity index (χ1) is 13.8. The first-order valence-corrected chi connectivity index (χ1v) is 9.08. The Labute approximate surface area is 167 Å². The number of pyridine rings is 1. The molecule has 0 spiro atoms. The number of aromatic nitrogens is 3. The number of halogens is 4. The fourth-order valence-corrected chi connectivity index (χ4v) is 3.47. The van der Waals surface area contributed by atoms with Crippen molar-refractivity contribution in [2.24, 2.45) is 5.92 Å². The Bertz CT molecular complexity index is 1200. The van der Waals surface area contributed by atoms with Crippen molar-refractivity contribution in [1.82, 2.24) is 14.5 Å². The van der Waals surface area contributed by atoms with E-state index in [1.807, 2.05) is 0 Å². The molecule has 3 aromatic rings. The Hall–Kier alpha value is -3.12. The molecule has 2 aromatic heterocycles. The van der Waals surface area contributed by atoms with Crippen LogP contribution in [0, 0.1) is 17.2 Å². The van der Waals surface area contributed by atoms with Crippen LogP contribution in [0.1, 0.15) is 18.5 Å². The predicted molar refractivity (Wildman–Crippen MR) is 101 cm³/mol. The van der Waals surface area contributed by atoms with Crippen LogP contribution in [0.5, 0.6) is 0 Å². The van der Waals surface area contributed by atoms with E-state index in [9.17, 15) is 18.0 Å². The number of anilines is 1. The van der Waals surface area contributed by atoms with Gasteiger partial charge in [-0.05, 0) is 37.1 Å². The number of hydrogen-bond donors (Lipinski definition) is 1. The highest BCUT2D eigenvalue weighted by molar-refractivity contribution is 6.32. The van der Waals surface area contributed by atoms with Gasteiger partial charge in [0.1, 0.15) is 11.5 Å². The Kier molecular flexibility index (Phi) is 4.67. The molecule has 1 aliphatic rings. The summed E-state index contributed by atoms with van der Waals surface area (Å²) in [6.45, 7) is 0. The van der Waals surface area contributed by atoms with Gasteiger partial charge in [0.25, 0.3) is 0 Å². The molecular formula is C19H13ClF3N5O. The summed E-state index contributed by atoms with van der Waals surface area (Å²) in [5.74, 6) is 0.0492. The van der Waals surface area contributed by atoms with Gasteiger partial charge in [0.2, 0.25) is 0 Å². The third kappa shape index (κ3) is 3.51. The molecular weight excluding hydrogens is 407 g/mol. The van der Waals surface area contributed by atoms with E-state index in [1.165, 1.54) is 18.2 Å². The van der Waals surface area contributed by atoms with Crippen molar-refractivity contribution in [2.75, 3.05) is 5.32 Å². The molecule has 0 bridgehead atoms. The molecule has 1 fully saturated rings. The van der Waals surface area contributed by atoms with E-state index >= 15 is 0 Å². The fraction of sp³-hybridized carbons (Fsp3) is 0.263. The van der Waals surface area contributed by atoms with Gasteiger partial charge in [0, 0.05) is 6.04 Å². The summed E-state index contributed by atoms with van der Waals surface area (Å²) in [6.07, 6.45) is -3.54. The lowest BCUT2D eigenvalue weighted by molar-refractivity contribution is -0.141. The fourth-order valence-electron chi connectivity index (χ4n) is 3.25. The number of nitrogens with zero attached hydrogens (tertiary/aromatic N) is 4. The van der Waals surface area contributed by atoms with Crippen molar-refractivity contribution in [2.45, 2.75) is 25.1 Å². The van der Waals surface area contributed by atoms with Crippen LogP contribution in [0.25, 0.3) is 16.7 Å². The molecule has 2 heterocycles. The van der Waals surface area contributed by atoms with Crippen molar-refractivity contribution in [1.29, 1.82) is 5.26 Å². The SMILES string of the molecule is N#CC1CC(Nc2nc(=O)n(-c3ccccc3Cl)c3nc(C(F)(F)F)ccc23)C1. The standard InChI is InChI=1S/C19H13ClF3N5O/c20-13-3-1-2-4-14(13)28-17-12(5-6-15(26-17)19(21,22)23)16(27-18(28)29)25-11-7-10(8-11)9-24/h1-6,10-11H,7-8H2,(H,25,27,29). The molecule has 6 nitrogen and oxygen atoms in total. The van der Waals surface area contributed by atoms with E-state index in [0.717, 1.165) is 10.6 Å². The molecule has 10 heteroatoms. The molecule has 0 radical (unpaired) electrons.